The molecule has 2 N–H and O–H groups in total. The molecule has 1 amide bonds. The van der Waals surface area contributed by atoms with Crippen molar-refractivity contribution in [3.8, 4) is 0 Å². The molecule has 1 aromatic heterocycles. The van der Waals surface area contributed by atoms with Crippen LogP contribution in [0.3, 0.4) is 0 Å². The second-order valence-electron chi connectivity index (χ2n) is 4.89. The van der Waals surface area contributed by atoms with E-state index in [1.54, 1.807) is 17.5 Å². The highest BCUT2D eigenvalue weighted by Gasteiger charge is 2.39. The minimum atomic E-state index is -0.169. The van der Waals surface area contributed by atoms with E-state index in [4.69, 9.17) is 0 Å². The van der Waals surface area contributed by atoms with Crippen LogP contribution in [0.2, 0.25) is 0 Å². The van der Waals surface area contributed by atoms with E-state index in [9.17, 15) is 4.79 Å². The Hall–Kier alpha value is -0.940. The molecule has 1 aliphatic rings. The van der Waals surface area contributed by atoms with Crippen LogP contribution in [0.5, 0.6) is 0 Å². The molecule has 100 valence electrons. The van der Waals surface area contributed by atoms with E-state index in [0.29, 0.717) is 6.54 Å². The third-order valence-corrected chi connectivity index (χ3v) is 4.40. The fraction of sp³-hybridized carbons (Fsp3) is 0.692. The molecule has 0 spiro atoms. The van der Waals surface area contributed by atoms with Gasteiger partial charge in [-0.15, -0.1) is 11.3 Å². The molecular weight excluding hydrogens is 246 g/mol. The average molecular weight is 267 g/mol. The molecule has 0 aliphatic carbocycles. The van der Waals surface area contributed by atoms with Gasteiger partial charge in [0.05, 0.1) is 10.4 Å². The fourth-order valence-corrected chi connectivity index (χ4v) is 3.21. The summed E-state index contributed by atoms with van der Waals surface area (Å²) in [6.45, 7) is 4.62. The maximum atomic E-state index is 12.3. The van der Waals surface area contributed by atoms with E-state index < -0.39 is 0 Å². The number of nitrogens with zero attached hydrogens (tertiary/aromatic N) is 1. The predicted molar refractivity (Wildman–Crippen MR) is 73.7 cm³/mol. The first-order valence-corrected chi connectivity index (χ1v) is 7.52. The largest absolute Gasteiger partial charge is 0.355 e. The lowest BCUT2D eigenvalue weighted by molar-refractivity contribution is -0.130. The molecule has 0 radical (unpaired) electrons. The number of thiazole rings is 1. The highest BCUT2D eigenvalue weighted by Crippen LogP contribution is 2.31. The summed E-state index contributed by atoms with van der Waals surface area (Å²) in [4.78, 5) is 16.5. The van der Waals surface area contributed by atoms with Crippen molar-refractivity contribution >= 4 is 17.2 Å². The monoisotopic (exact) mass is 267 g/mol. The Bertz CT molecular complexity index is 372. The Morgan fingerprint density at radius 1 is 1.67 bits per heavy atom. The van der Waals surface area contributed by atoms with Gasteiger partial charge in [0.25, 0.3) is 0 Å². The van der Waals surface area contributed by atoms with Gasteiger partial charge in [-0.1, -0.05) is 13.3 Å². The van der Waals surface area contributed by atoms with Crippen LogP contribution < -0.4 is 10.6 Å². The lowest BCUT2D eigenvalue weighted by Gasteiger charge is -2.26. The minimum absolute atomic E-state index is 0.169. The number of aromatic nitrogens is 1. The number of rotatable bonds is 6. The summed E-state index contributed by atoms with van der Waals surface area (Å²) in [6, 6.07) is 0. The zero-order valence-corrected chi connectivity index (χ0v) is 11.7. The highest BCUT2D eigenvalue weighted by molar-refractivity contribution is 7.09. The molecule has 4 nitrogen and oxygen atoms in total. The van der Waals surface area contributed by atoms with Crippen LogP contribution in [0.4, 0.5) is 0 Å². The van der Waals surface area contributed by atoms with Gasteiger partial charge in [-0.3, -0.25) is 4.79 Å². The maximum absolute atomic E-state index is 12.3. The SMILES string of the molecule is CCCC1(C(=O)NCCc2nccs2)CCNC1. The Labute approximate surface area is 112 Å². The number of hydrogen-bond acceptors (Lipinski definition) is 4. The van der Waals surface area contributed by atoms with Crippen molar-refractivity contribution in [1.82, 2.24) is 15.6 Å². The lowest BCUT2D eigenvalue weighted by atomic mass is 9.81. The van der Waals surface area contributed by atoms with Gasteiger partial charge >= 0.3 is 0 Å². The van der Waals surface area contributed by atoms with E-state index in [0.717, 1.165) is 43.8 Å². The molecular formula is C13H21N3OS. The van der Waals surface area contributed by atoms with Crippen molar-refractivity contribution in [2.75, 3.05) is 19.6 Å². The summed E-state index contributed by atoms with van der Waals surface area (Å²) < 4.78 is 0. The molecule has 1 aromatic rings. The summed E-state index contributed by atoms with van der Waals surface area (Å²) >= 11 is 1.64. The molecule has 1 aliphatic heterocycles. The molecule has 1 fully saturated rings. The molecule has 0 aromatic carbocycles. The molecule has 1 saturated heterocycles. The molecule has 1 unspecified atom stereocenters. The molecule has 0 saturated carbocycles. The molecule has 1 atom stereocenters. The Morgan fingerprint density at radius 2 is 2.56 bits per heavy atom. The van der Waals surface area contributed by atoms with Crippen LogP contribution >= 0.6 is 11.3 Å². The van der Waals surface area contributed by atoms with Crippen LogP contribution in [-0.2, 0) is 11.2 Å². The number of carbonyl (C=O) groups is 1. The first kappa shape index (κ1) is 13.5. The molecule has 2 heterocycles. The second kappa shape index (κ2) is 6.29. The van der Waals surface area contributed by atoms with E-state index in [2.05, 4.69) is 22.5 Å². The van der Waals surface area contributed by atoms with Gasteiger partial charge in [0.2, 0.25) is 5.91 Å². The van der Waals surface area contributed by atoms with Gasteiger partial charge < -0.3 is 10.6 Å². The summed E-state index contributed by atoms with van der Waals surface area (Å²) in [7, 11) is 0. The van der Waals surface area contributed by atoms with E-state index in [1.807, 2.05) is 5.38 Å². The number of nitrogens with one attached hydrogen (secondary N) is 2. The van der Waals surface area contributed by atoms with Crippen molar-refractivity contribution < 1.29 is 4.79 Å². The summed E-state index contributed by atoms with van der Waals surface area (Å²) in [5.41, 5.74) is -0.169. The van der Waals surface area contributed by atoms with E-state index >= 15 is 0 Å². The zero-order valence-electron chi connectivity index (χ0n) is 10.9. The first-order valence-electron chi connectivity index (χ1n) is 6.64. The van der Waals surface area contributed by atoms with Gasteiger partial charge in [-0.25, -0.2) is 4.98 Å². The van der Waals surface area contributed by atoms with Gasteiger partial charge in [0.15, 0.2) is 0 Å². The molecule has 5 heteroatoms. The Kier molecular flexibility index (Phi) is 4.72. The second-order valence-corrected chi connectivity index (χ2v) is 5.87. The van der Waals surface area contributed by atoms with Crippen molar-refractivity contribution in [2.24, 2.45) is 5.41 Å². The number of amides is 1. The molecule has 18 heavy (non-hydrogen) atoms. The zero-order chi connectivity index (χ0) is 12.8. The standard InChI is InChI=1S/C13H21N3OS/c1-2-4-13(5-7-14-10-13)12(17)16-6-3-11-15-8-9-18-11/h8-9,14H,2-7,10H2,1H3,(H,16,17). The number of carbonyl (C=O) groups excluding carboxylic acids is 1. The van der Waals surface area contributed by atoms with Gasteiger partial charge in [-0.05, 0) is 19.4 Å². The Balaban J connectivity index is 1.82. The van der Waals surface area contributed by atoms with Gasteiger partial charge in [0, 0.05) is 31.1 Å². The smallest absolute Gasteiger partial charge is 0.227 e. The van der Waals surface area contributed by atoms with Crippen LogP contribution in [-0.4, -0.2) is 30.5 Å². The molecule has 2 rings (SSSR count). The third-order valence-electron chi connectivity index (χ3n) is 3.56. The van der Waals surface area contributed by atoms with Crippen molar-refractivity contribution in [3.63, 3.8) is 0 Å². The number of hydrogen-bond donors (Lipinski definition) is 2. The van der Waals surface area contributed by atoms with Crippen molar-refractivity contribution in [2.45, 2.75) is 32.6 Å². The van der Waals surface area contributed by atoms with Crippen LogP contribution in [0.25, 0.3) is 0 Å². The van der Waals surface area contributed by atoms with Gasteiger partial charge in [0.1, 0.15) is 0 Å². The van der Waals surface area contributed by atoms with Crippen LogP contribution in [0, 0.1) is 5.41 Å². The van der Waals surface area contributed by atoms with Gasteiger partial charge in [-0.2, -0.15) is 0 Å². The average Bonchev–Trinajstić information content (AvgIpc) is 3.01. The third kappa shape index (κ3) is 3.09. The minimum Gasteiger partial charge on any atom is -0.355 e. The van der Waals surface area contributed by atoms with Crippen molar-refractivity contribution in [3.05, 3.63) is 16.6 Å². The van der Waals surface area contributed by atoms with Crippen LogP contribution in [0.1, 0.15) is 31.2 Å². The summed E-state index contributed by atoms with van der Waals surface area (Å²) in [6.07, 6.45) is 5.63. The highest BCUT2D eigenvalue weighted by atomic mass is 32.1. The topological polar surface area (TPSA) is 54.0 Å². The normalized spacial score (nSPS) is 23.2. The maximum Gasteiger partial charge on any atom is 0.227 e. The summed E-state index contributed by atoms with van der Waals surface area (Å²) in [5.74, 6) is 0.214. The summed E-state index contributed by atoms with van der Waals surface area (Å²) in [5, 5.41) is 9.44. The predicted octanol–water partition coefficient (Wildman–Crippen LogP) is 1.58. The quantitative estimate of drug-likeness (QED) is 0.823. The van der Waals surface area contributed by atoms with E-state index in [-0.39, 0.29) is 11.3 Å². The van der Waals surface area contributed by atoms with E-state index in [1.165, 1.54) is 0 Å². The first-order chi connectivity index (χ1) is 8.77. The fourth-order valence-electron chi connectivity index (χ4n) is 2.59. The lowest BCUT2D eigenvalue weighted by Crippen LogP contribution is -2.43. The van der Waals surface area contributed by atoms with Crippen LogP contribution in [0.15, 0.2) is 11.6 Å². The van der Waals surface area contributed by atoms with Crippen molar-refractivity contribution in [1.29, 1.82) is 0 Å². The molecule has 0 bridgehead atoms. The Morgan fingerprint density at radius 3 is 3.17 bits per heavy atom.